The van der Waals surface area contributed by atoms with Crippen LogP contribution in [0, 0.1) is 0 Å². The summed E-state index contributed by atoms with van der Waals surface area (Å²) in [5, 5.41) is 1.61. The van der Waals surface area contributed by atoms with Crippen molar-refractivity contribution in [2.45, 2.75) is 16.3 Å². The van der Waals surface area contributed by atoms with E-state index in [2.05, 4.69) is 9.97 Å². The fraction of sp³-hybridized carbons (Fsp3) is 0.167. The highest BCUT2D eigenvalue weighted by Crippen LogP contribution is 2.32. The number of nitrogens with two attached hydrogens (primary N) is 1. The van der Waals surface area contributed by atoms with Gasteiger partial charge in [0.2, 0.25) is 0 Å². The van der Waals surface area contributed by atoms with Gasteiger partial charge in [-0.2, -0.15) is 0 Å². The van der Waals surface area contributed by atoms with E-state index < -0.39 is 0 Å². The molecular formula is C12H12ClN3S. The predicted molar refractivity (Wildman–Crippen MR) is 70.4 cm³/mol. The molecule has 0 radical (unpaired) electrons. The van der Waals surface area contributed by atoms with Gasteiger partial charge in [0.05, 0.1) is 6.20 Å². The Bertz CT molecular complexity index is 490. The van der Waals surface area contributed by atoms with Crippen molar-refractivity contribution in [2.24, 2.45) is 5.73 Å². The Balaban J connectivity index is 2.29. The molecule has 0 bridgehead atoms. The second-order valence-corrected chi connectivity index (χ2v) is 4.87. The van der Waals surface area contributed by atoms with Gasteiger partial charge in [0, 0.05) is 22.3 Å². The van der Waals surface area contributed by atoms with E-state index in [0.29, 0.717) is 6.54 Å². The molecule has 2 rings (SSSR count). The van der Waals surface area contributed by atoms with E-state index in [9.17, 15) is 0 Å². The summed E-state index contributed by atoms with van der Waals surface area (Å²) in [7, 11) is 0. The number of halogens is 1. The molecule has 88 valence electrons. The standard InChI is InChI=1S/C12H12ClN3S/c13-10-2-1-3-11(9(10)4-5-14)17-12-8-15-6-7-16-12/h1-3,6-8H,4-5,14H2. The van der Waals surface area contributed by atoms with E-state index >= 15 is 0 Å². The number of nitrogens with zero attached hydrogens (tertiary/aromatic N) is 2. The predicted octanol–water partition coefficient (Wildman–Crippen LogP) is 2.78. The lowest BCUT2D eigenvalue weighted by molar-refractivity contribution is 0.943. The molecule has 5 heteroatoms. The van der Waals surface area contributed by atoms with Crippen LogP contribution in [-0.2, 0) is 6.42 Å². The lowest BCUT2D eigenvalue weighted by Crippen LogP contribution is -2.04. The van der Waals surface area contributed by atoms with Gasteiger partial charge in [-0.15, -0.1) is 0 Å². The zero-order chi connectivity index (χ0) is 12.1. The van der Waals surface area contributed by atoms with E-state index in [0.717, 1.165) is 26.9 Å². The molecule has 3 nitrogen and oxygen atoms in total. The highest BCUT2D eigenvalue weighted by molar-refractivity contribution is 7.99. The normalized spacial score (nSPS) is 10.5. The maximum Gasteiger partial charge on any atom is 0.119 e. The SMILES string of the molecule is NCCc1c(Cl)cccc1Sc1cnccn1. The van der Waals surface area contributed by atoms with Crippen molar-refractivity contribution < 1.29 is 0 Å². The van der Waals surface area contributed by atoms with E-state index in [1.807, 2.05) is 18.2 Å². The third-order valence-electron chi connectivity index (χ3n) is 2.22. The molecule has 0 fully saturated rings. The molecule has 17 heavy (non-hydrogen) atoms. The smallest absolute Gasteiger partial charge is 0.119 e. The lowest BCUT2D eigenvalue weighted by atomic mass is 10.1. The summed E-state index contributed by atoms with van der Waals surface area (Å²) < 4.78 is 0. The minimum Gasteiger partial charge on any atom is -0.330 e. The molecule has 0 aliphatic rings. The van der Waals surface area contributed by atoms with Crippen molar-refractivity contribution >= 4 is 23.4 Å². The Hall–Kier alpha value is -1.10. The molecule has 1 aromatic heterocycles. The van der Waals surface area contributed by atoms with E-state index in [-0.39, 0.29) is 0 Å². The first kappa shape index (κ1) is 12.4. The highest BCUT2D eigenvalue weighted by Gasteiger charge is 2.08. The monoisotopic (exact) mass is 265 g/mol. The van der Waals surface area contributed by atoms with E-state index in [4.69, 9.17) is 17.3 Å². The van der Waals surface area contributed by atoms with Crippen LogP contribution in [-0.4, -0.2) is 16.5 Å². The van der Waals surface area contributed by atoms with Crippen molar-refractivity contribution in [3.05, 3.63) is 47.4 Å². The average Bonchev–Trinajstić information content (AvgIpc) is 2.35. The van der Waals surface area contributed by atoms with Crippen molar-refractivity contribution in [3.63, 3.8) is 0 Å². The third kappa shape index (κ3) is 3.19. The van der Waals surface area contributed by atoms with Crippen LogP contribution in [0.2, 0.25) is 5.02 Å². The Morgan fingerprint density at radius 3 is 2.88 bits per heavy atom. The van der Waals surface area contributed by atoms with Crippen LogP contribution in [0.4, 0.5) is 0 Å². The van der Waals surface area contributed by atoms with Crippen LogP contribution in [0.1, 0.15) is 5.56 Å². The molecule has 0 unspecified atom stereocenters. The van der Waals surface area contributed by atoms with Gasteiger partial charge in [0.25, 0.3) is 0 Å². The fourth-order valence-corrected chi connectivity index (χ4v) is 2.73. The van der Waals surface area contributed by atoms with Gasteiger partial charge >= 0.3 is 0 Å². The van der Waals surface area contributed by atoms with Crippen LogP contribution in [0.5, 0.6) is 0 Å². The second-order valence-electron chi connectivity index (χ2n) is 3.40. The summed E-state index contributed by atoms with van der Waals surface area (Å²) in [6.07, 6.45) is 5.83. The summed E-state index contributed by atoms with van der Waals surface area (Å²) in [4.78, 5) is 9.36. The molecule has 0 spiro atoms. The molecule has 0 saturated heterocycles. The van der Waals surface area contributed by atoms with Gasteiger partial charge in [0.15, 0.2) is 0 Å². The summed E-state index contributed by atoms with van der Waals surface area (Å²) in [5.41, 5.74) is 6.67. The molecule has 2 N–H and O–H groups in total. The van der Waals surface area contributed by atoms with Crippen LogP contribution in [0.25, 0.3) is 0 Å². The topological polar surface area (TPSA) is 51.8 Å². The Labute approximate surface area is 109 Å². The molecule has 0 saturated carbocycles. The van der Waals surface area contributed by atoms with E-state index in [1.165, 1.54) is 0 Å². The molecular weight excluding hydrogens is 254 g/mol. The van der Waals surface area contributed by atoms with Crippen molar-refractivity contribution in [1.29, 1.82) is 0 Å². The molecule has 2 aromatic rings. The lowest BCUT2D eigenvalue weighted by Gasteiger charge is -2.09. The molecule has 0 aliphatic heterocycles. The van der Waals surface area contributed by atoms with Gasteiger partial charge in [-0.1, -0.05) is 29.4 Å². The van der Waals surface area contributed by atoms with Crippen LogP contribution >= 0.6 is 23.4 Å². The van der Waals surface area contributed by atoms with E-state index in [1.54, 1.807) is 30.4 Å². The van der Waals surface area contributed by atoms with Gasteiger partial charge in [0.1, 0.15) is 5.03 Å². The first-order chi connectivity index (χ1) is 8.31. The molecule has 1 heterocycles. The van der Waals surface area contributed by atoms with Crippen LogP contribution < -0.4 is 5.73 Å². The fourth-order valence-electron chi connectivity index (χ4n) is 1.47. The first-order valence-electron chi connectivity index (χ1n) is 5.22. The quantitative estimate of drug-likeness (QED) is 0.924. The van der Waals surface area contributed by atoms with Gasteiger partial charge in [-0.25, -0.2) is 4.98 Å². The Morgan fingerprint density at radius 2 is 2.18 bits per heavy atom. The number of aromatic nitrogens is 2. The maximum atomic E-state index is 6.17. The van der Waals surface area contributed by atoms with Crippen molar-refractivity contribution in [2.75, 3.05) is 6.54 Å². The molecule has 0 aliphatic carbocycles. The summed E-state index contributed by atoms with van der Waals surface area (Å²) in [5.74, 6) is 0. The summed E-state index contributed by atoms with van der Waals surface area (Å²) >= 11 is 7.72. The summed E-state index contributed by atoms with van der Waals surface area (Å²) in [6, 6.07) is 5.84. The Kier molecular flexibility index (Phi) is 4.36. The summed E-state index contributed by atoms with van der Waals surface area (Å²) in [6.45, 7) is 0.581. The van der Waals surface area contributed by atoms with Crippen LogP contribution in [0.15, 0.2) is 46.7 Å². The average molecular weight is 266 g/mol. The van der Waals surface area contributed by atoms with Gasteiger partial charge < -0.3 is 5.73 Å². The molecule has 0 amide bonds. The van der Waals surface area contributed by atoms with Crippen LogP contribution in [0.3, 0.4) is 0 Å². The molecule has 1 aromatic carbocycles. The largest absolute Gasteiger partial charge is 0.330 e. The van der Waals surface area contributed by atoms with Gasteiger partial charge in [-0.05, 0) is 30.7 Å². The zero-order valence-corrected chi connectivity index (χ0v) is 10.7. The number of benzene rings is 1. The highest BCUT2D eigenvalue weighted by atomic mass is 35.5. The third-order valence-corrected chi connectivity index (χ3v) is 3.60. The maximum absolute atomic E-state index is 6.17. The van der Waals surface area contributed by atoms with Crippen molar-refractivity contribution in [3.8, 4) is 0 Å². The second kappa shape index (κ2) is 6.00. The first-order valence-corrected chi connectivity index (χ1v) is 6.42. The molecule has 0 atom stereocenters. The zero-order valence-electron chi connectivity index (χ0n) is 9.14. The van der Waals surface area contributed by atoms with Gasteiger partial charge in [-0.3, -0.25) is 4.98 Å². The minimum absolute atomic E-state index is 0.581. The minimum atomic E-state index is 0.581. The number of rotatable bonds is 4. The number of hydrogen-bond acceptors (Lipinski definition) is 4. The Morgan fingerprint density at radius 1 is 1.29 bits per heavy atom. The number of hydrogen-bond donors (Lipinski definition) is 1. The van der Waals surface area contributed by atoms with Crippen molar-refractivity contribution in [1.82, 2.24) is 9.97 Å².